The monoisotopic (exact) mass is 351 g/mol. The molecule has 1 aromatic heterocycles. The second kappa shape index (κ2) is 6.79. The molecule has 3 rings (SSSR count). The summed E-state index contributed by atoms with van der Waals surface area (Å²) in [4.78, 5) is 16.0. The predicted molar refractivity (Wildman–Crippen MR) is 84.6 cm³/mol. The van der Waals surface area contributed by atoms with E-state index in [0.29, 0.717) is 5.56 Å². The van der Waals surface area contributed by atoms with Gasteiger partial charge in [-0.25, -0.2) is 9.79 Å². The molecule has 0 saturated carbocycles. The topological polar surface area (TPSA) is 57.1 Å². The molecule has 5 nitrogen and oxygen atoms in total. The number of hydrogen-bond donors (Lipinski definition) is 0. The molecule has 0 fully saturated rings. The van der Waals surface area contributed by atoms with Gasteiger partial charge in [0.1, 0.15) is 0 Å². The number of hydrogen-bond acceptors (Lipinski definition) is 6. The van der Waals surface area contributed by atoms with Gasteiger partial charge in [0.15, 0.2) is 17.2 Å². The summed E-state index contributed by atoms with van der Waals surface area (Å²) in [6, 6.07) is 6.02. The van der Waals surface area contributed by atoms with Gasteiger partial charge < -0.3 is 14.2 Å². The molecular formula is C16H11F2NO4S. The van der Waals surface area contributed by atoms with Gasteiger partial charge in [0, 0.05) is 5.56 Å². The van der Waals surface area contributed by atoms with Crippen LogP contribution in [0.25, 0.3) is 6.08 Å². The Morgan fingerprint density at radius 2 is 2.12 bits per heavy atom. The Kier molecular flexibility index (Phi) is 4.57. The van der Waals surface area contributed by atoms with Crippen LogP contribution in [-0.2, 0) is 9.53 Å². The summed E-state index contributed by atoms with van der Waals surface area (Å²) in [5, 5.41) is 3.75. The van der Waals surface area contributed by atoms with Crippen molar-refractivity contribution >= 4 is 29.3 Å². The number of carbonyl (C=O) groups is 1. The lowest BCUT2D eigenvalue weighted by Gasteiger charge is -2.10. The molecule has 2 aromatic rings. The molecule has 2 heterocycles. The van der Waals surface area contributed by atoms with Crippen LogP contribution >= 0.6 is 11.3 Å². The Hall–Kier alpha value is -2.74. The van der Waals surface area contributed by atoms with Gasteiger partial charge >= 0.3 is 12.6 Å². The molecule has 0 radical (unpaired) electrons. The maximum Gasteiger partial charge on any atom is 0.387 e. The zero-order valence-electron chi connectivity index (χ0n) is 12.4. The number of halogens is 2. The predicted octanol–water partition coefficient (Wildman–Crippen LogP) is 3.70. The first-order chi connectivity index (χ1) is 11.6. The van der Waals surface area contributed by atoms with Gasteiger partial charge in [-0.2, -0.15) is 20.1 Å². The van der Waals surface area contributed by atoms with E-state index in [1.165, 1.54) is 36.6 Å². The lowest BCUT2D eigenvalue weighted by Crippen LogP contribution is -2.07. The van der Waals surface area contributed by atoms with E-state index in [9.17, 15) is 13.6 Å². The van der Waals surface area contributed by atoms with Crippen molar-refractivity contribution in [2.45, 2.75) is 6.61 Å². The van der Waals surface area contributed by atoms with Gasteiger partial charge in [-0.3, -0.25) is 0 Å². The Morgan fingerprint density at radius 1 is 1.29 bits per heavy atom. The number of rotatable bonds is 5. The molecular weight excluding hydrogens is 340 g/mol. The fourth-order valence-corrected chi connectivity index (χ4v) is 2.66. The van der Waals surface area contributed by atoms with Gasteiger partial charge in [-0.1, -0.05) is 0 Å². The van der Waals surface area contributed by atoms with Crippen molar-refractivity contribution in [3.8, 4) is 11.5 Å². The fraction of sp³-hybridized carbons (Fsp3) is 0.125. The van der Waals surface area contributed by atoms with Crippen molar-refractivity contribution in [2.24, 2.45) is 4.99 Å². The maximum absolute atomic E-state index is 12.3. The molecule has 0 atom stereocenters. The Morgan fingerprint density at radius 3 is 2.79 bits per heavy atom. The number of nitrogens with zero attached hydrogens (tertiary/aromatic N) is 1. The molecule has 1 aliphatic heterocycles. The molecule has 0 unspecified atom stereocenters. The number of aliphatic imine (C=N–C) groups is 1. The zero-order chi connectivity index (χ0) is 17.1. The lowest BCUT2D eigenvalue weighted by atomic mass is 10.2. The molecule has 1 aliphatic rings. The third kappa shape index (κ3) is 3.43. The van der Waals surface area contributed by atoms with E-state index in [4.69, 9.17) is 9.47 Å². The number of ether oxygens (including phenoxy) is 3. The van der Waals surface area contributed by atoms with Crippen LogP contribution in [0.4, 0.5) is 8.78 Å². The van der Waals surface area contributed by atoms with E-state index in [1.54, 1.807) is 6.08 Å². The number of thiophene rings is 1. The van der Waals surface area contributed by atoms with Gasteiger partial charge in [-0.15, -0.1) is 0 Å². The summed E-state index contributed by atoms with van der Waals surface area (Å²) in [6.07, 6.45) is 1.61. The zero-order valence-corrected chi connectivity index (χ0v) is 13.2. The largest absolute Gasteiger partial charge is 0.493 e. The standard InChI is InChI=1S/C16H11F2NO4S/c1-21-13-7-10(2-3-12(13)22-16(17)18)14-19-11(15(20)23-14)6-9-4-5-24-8-9/h2-8,16H,1H3/b11-6+. The van der Waals surface area contributed by atoms with Crippen molar-refractivity contribution in [3.63, 3.8) is 0 Å². The van der Waals surface area contributed by atoms with E-state index in [-0.39, 0.29) is 23.1 Å². The first-order valence-electron chi connectivity index (χ1n) is 6.75. The van der Waals surface area contributed by atoms with E-state index >= 15 is 0 Å². The van der Waals surface area contributed by atoms with Gasteiger partial charge in [-0.05, 0) is 46.7 Å². The lowest BCUT2D eigenvalue weighted by molar-refractivity contribution is -0.129. The van der Waals surface area contributed by atoms with E-state index in [2.05, 4.69) is 9.73 Å². The summed E-state index contributed by atoms with van der Waals surface area (Å²) in [5.41, 5.74) is 1.42. The third-order valence-corrected chi connectivity index (χ3v) is 3.80. The summed E-state index contributed by atoms with van der Waals surface area (Å²) in [7, 11) is 1.32. The molecule has 24 heavy (non-hydrogen) atoms. The smallest absolute Gasteiger partial charge is 0.387 e. The molecule has 1 aromatic carbocycles. The van der Waals surface area contributed by atoms with Crippen LogP contribution in [0.3, 0.4) is 0 Å². The first-order valence-corrected chi connectivity index (χ1v) is 7.69. The SMILES string of the molecule is COc1cc(C2=N/C(=C/c3ccsc3)C(=O)O2)ccc1OC(F)F. The first kappa shape index (κ1) is 16.1. The summed E-state index contributed by atoms with van der Waals surface area (Å²) >= 11 is 1.50. The molecule has 0 amide bonds. The van der Waals surface area contributed by atoms with Gasteiger partial charge in [0.2, 0.25) is 5.90 Å². The van der Waals surface area contributed by atoms with Crippen LogP contribution in [-0.4, -0.2) is 25.6 Å². The average Bonchev–Trinajstić information content (AvgIpc) is 3.18. The van der Waals surface area contributed by atoms with Crippen molar-refractivity contribution in [2.75, 3.05) is 7.11 Å². The van der Waals surface area contributed by atoms with Crippen LogP contribution < -0.4 is 9.47 Å². The quantitative estimate of drug-likeness (QED) is 0.609. The minimum atomic E-state index is -2.97. The molecule has 0 saturated heterocycles. The number of carbonyl (C=O) groups excluding carboxylic acids is 1. The minimum Gasteiger partial charge on any atom is -0.493 e. The second-order valence-corrected chi connectivity index (χ2v) is 5.42. The molecule has 0 spiro atoms. The second-order valence-electron chi connectivity index (χ2n) is 4.64. The van der Waals surface area contributed by atoms with Crippen molar-refractivity contribution < 1.29 is 27.8 Å². The van der Waals surface area contributed by atoms with E-state index in [0.717, 1.165) is 5.56 Å². The third-order valence-electron chi connectivity index (χ3n) is 3.09. The molecule has 124 valence electrons. The highest BCUT2D eigenvalue weighted by Gasteiger charge is 2.25. The van der Waals surface area contributed by atoms with Crippen molar-refractivity contribution in [1.82, 2.24) is 0 Å². The highest BCUT2D eigenvalue weighted by Crippen LogP contribution is 2.31. The Bertz CT molecular complexity index is 815. The van der Waals surface area contributed by atoms with Crippen molar-refractivity contribution in [3.05, 3.63) is 51.8 Å². The number of methoxy groups -OCH3 is 1. The van der Waals surface area contributed by atoms with Crippen LogP contribution in [0.2, 0.25) is 0 Å². The number of benzene rings is 1. The molecule has 8 heteroatoms. The van der Waals surface area contributed by atoms with Crippen molar-refractivity contribution in [1.29, 1.82) is 0 Å². The Labute approximate surface area is 139 Å². The average molecular weight is 351 g/mol. The van der Waals surface area contributed by atoms with Crippen LogP contribution in [0.1, 0.15) is 11.1 Å². The van der Waals surface area contributed by atoms with E-state index in [1.807, 2.05) is 16.8 Å². The number of alkyl halides is 2. The minimum absolute atomic E-state index is 0.0726. The van der Waals surface area contributed by atoms with Gasteiger partial charge in [0.05, 0.1) is 7.11 Å². The molecule has 0 aliphatic carbocycles. The summed E-state index contributed by atoms with van der Waals surface area (Å²) in [6.45, 7) is -2.97. The fourth-order valence-electron chi connectivity index (χ4n) is 2.04. The van der Waals surface area contributed by atoms with Gasteiger partial charge in [0.25, 0.3) is 0 Å². The van der Waals surface area contributed by atoms with Crippen LogP contribution in [0.5, 0.6) is 11.5 Å². The highest BCUT2D eigenvalue weighted by atomic mass is 32.1. The number of cyclic esters (lactones) is 1. The summed E-state index contributed by atoms with van der Waals surface area (Å²) in [5.74, 6) is -0.538. The molecule has 0 bridgehead atoms. The normalized spacial score (nSPS) is 15.6. The molecule has 0 N–H and O–H groups in total. The van der Waals surface area contributed by atoms with E-state index < -0.39 is 12.6 Å². The number of esters is 1. The highest BCUT2D eigenvalue weighted by molar-refractivity contribution is 7.08. The summed E-state index contributed by atoms with van der Waals surface area (Å²) < 4.78 is 39.2. The van der Waals surface area contributed by atoms with Crippen LogP contribution in [0, 0.1) is 0 Å². The Balaban J connectivity index is 1.90. The van der Waals surface area contributed by atoms with Crippen LogP contribution in [0.15, 0.2) is 45.7 Å². The maximum atomic E-state index is 12.3.